The molecule has 0 radical (unpaired) electrons. The fourth-order valence-electron chi connectivity index (χ4n) is 4.53. The SMILES string of the molecule is CC(=Cc1oc2ccc(C(=O)O)cc2[n+]1CCCS(=O)(=O)OO)C=C1Oc2ccc(COO)cc2N1CCCS(=O)(=O)OO. The minimum absolute atomic E-state index is 0.00693. The second-order valence-electron chi connectivity index (χ2n) is 9.66. The number of aromatic carboxylic acids is 1. The molecule has 1 aliphatic heterocycles. The van der Waals surface area contributed by atoms with Crippen molar-refractivity contribution < 1.29 is 69.8 Å². The molecule has 0 atom stereocenters. The molecule has 4 N–H and O–H groups in total. The van der Waals surface area contributed by atoms with Gasteiger partial charge in [0.25, 0.3) is 25.8 Å². The molecule has 2 heterocycles. The summed E-state index contributed by atoms with van der Waals surface area (Å²) in [7, 11) is -8.31. The molecule has 4 rings (SSSR count). The van der Waals surface area contributed by atoms with Gasteiger partial charge in [0.15, 0.2) is 12.3 Å². The third-order valence-corrected chi connectivity index (χ3v) is 8.52. The van der Waals surface area contributed by atoms with E-state index >= 15 is 0 Å². The number of hydrogen-bond acceptors (Lipinski definition) is 14. The number of hydrogen-bond donors (Lipinski definition) is 4. The van der Waals surface area contributed by atoms with Crippen molar-refractivity contribution in [1.29, 1.82) is 0 Å². The van der Waals surface area contributed by atoms with Crippen LogP contribution in [-0.2, 0) is 46.9 Å². The smallest absolute Gasteiger partial charge is 0.374 e. The number of rotatable bonds is 15. The molecule has 18 heteroatoms. The number of oxazole rings is 1. The fraction of sp³-hybridized carbons (Fsp3) is 0.308. The zero-order valence-corrected chi connectivity index (χ0v) is 24.8. The topological polar surface area (TPSA) is 223 Å². The number of benzene rings is 2. The van der Waals surface area contributed by atoms with E-state index in [2.05, 4.69) is 13.6 Å². The van der Waals surface area contributed by atoms with Crippen LogP contribution in [0.2, 0.25) is 0 Å². The van der Waals surface area contributed by atoms with Crippen molar-refractivity contribution in [1.82, 2.24) is 0 Å². The van der Waals surface area contributed by atoms with E-state index < -0.39 is 37.7 Å². The predicted molar refractivity (Wildman–Crippen MR) is 151 cm³/mol. The maximum absolute atomic E-state index is 11.6. The van der Waals surface area contributed by atoms with Crippen molar-refractivity contribution in [2.45, 2.75) is 32.9 Å². The van der Waals surface area contributed by atoms with Crippen molar-refractivity contribution in [2.24, 2.45) is 0 Å². The number of allylic oxidation sites excluding steroid dienone is 2. The van der Waals surface area contributed by atoms with E-state index in [0.717, 1.165) is 0 Å². The summed E-state index contributed by atoms with van der Waals surface area (Å²) in [5.41, 5.74) is 2.45. The molecule has 1 aliphatic rings. The molecule has 0 fully saturated rings. The van der Waals surface area contributed by atoms with Crippen LogP contribution in [0.25, 0.3) is 17.2 Å². The first-order valence-corrected chi connectivity index (χ1v) is 16.1. The van der Waals surface area contributed by atoms with Crippen LogP contribution >= 0.6 is 0 Å². The molecular formula is C26H29N2O14S2+. The molecular weight excluding hydrogens is 628 g/mol. The van der Waals surface area contributed by atoms with Gasteiger partial charge >= 0.3 is 11.9 Å². The Morgan fingerprint density at radius 1 is 1.00 bits per heavy atom. The van der Waals surface area contributed by atoms with Crippen LogP contribution in [0, 0.1) is 0 Å². The van der Waals surface area contributed by atoms with Gasteiger partial charge in [0.1, 0.15) is 6.61 Å². The minimum atomic E-state index is -4.17. The maximum atomic E-state index is 11.6. The highest BCUT2D eigenvalue weighted by Gasteiger charge is 2.28. The van der Waals surface area contributed by atoms with E-state index in [1.54, 1.807) is 46.7 Å². The Hall–Kier alpha value is -3.88. The van der Waals surface area contributed by atoms with E-state index in [9.17, 15) is 26.7 Å². The number of carboxylic acids is 1. The molecule has 16 nitrogen and oxygen atoms in total. The molecule has 0 bridgehead atoms. The number of nitrogens with zero attached hydrogens (tertiary/aromatic N) is 2. The lowest BCUT2D eigenvalue weighted by Gasteiger charge is -2.18. The van der Waals surface area contributed by atoms with Crippen molar-refractivity contribution in [3.63, 3.8) is 0 Å². The number of anilines is 1. The number of carboxylic acid groups (broad SMARTS) is 1. The molecule has 0 spiro atoms. The molecule has 0 unspecified atom stereocenters. The van der Waals surface area contributed by atoms with Gasteiger partial charge in [0.2, 0.25) is 11.5 Å². The zero-order valence-electron chi connectivity index (χ0n) is 23.2. The first kappa shape index (κ1) is 33.0. The normalized spacial score (nSPS) is 14.8. The van der Waals surface area contributed by atoms with Crippen LogP contribution in [0.15, 0.2) is 58.3 Å². The average Bonchev–Trinajstić information content (AvgIpc) is 3.49. The molecule has 0 aliphatic carbocycles. The highest BCUT2D eigenvalue weighted by Crippen LogP contribution is 2.40. The van der Waals surface area contributed by atoms with Gasteiger partial charge in [-0.25, -0.2) is 20.2 Å². The first-order valence-electron chi connectivity index (χ1n) is 12.9. The predicted octanol–water partition coefficient (Wildman–Crippen LogP) is 2.97. The van der Waals surface area contributed by atoms with Crippen molar-refractivity contribution >= 4 is 49.1 Å². The standard InChI is InChI=1S/C26H28N2O14S2/c1-17(12-24-27(8-2-10-43(34,35)41-32)20-14-18(16-38-31)4-6-22(20)39-24)13-25-28(9-3-11-44(36,37)42-33)21-15-19(26(29)30)5-7-23(21)40-25/h4-7,12-15H,2-3,8-11,16H2,1H3,(H3-,29,30,31,32,33)/p+1. The largest absolute Gasteiger partial charge is 0.478 e. The second-order valence-corrected chi connectivity index (χ2v) is 13.0. The molecule has 44 heavy (non-hydrogen) atoms. The van der Waals surface area contributed by atoms with Gasteiger partial charge in [-0.2, -0.15) is 21.4 Å². The lowest BCUT2D eigenvalue weighted by Crippen LogP contribution is -2.36. The summed E-state index contributed by atoms with van der Waals surface area (Å²) in [6, 6.07) is 9.25. The van der Waals surface area contributed by atoms with Crippen molar-refractivity contribution in [2.75, 3.05) is 23.0 Å². The number of ether oxygens (including phenoxy) is 1. The third kappa shape index (κ3) is 7.98. The van der Waals surface area contributed by atoms with Crippen LogP contribution in [0.1, 0.15) is 41.6 Å². The highest BCUT2D eigenvalue weighted by atomic mass is 32.2. The van der Waals surface area contributed by atoms with Crippen LogP contribution in [0.5, 0.6) is 5.75 Å². The molecule has 0 saturated heterocycles. The van der Waals surface area contributed by atoms with Crippen LogP contribution in [0.3, 0.4) is 0 Å². The minimum Gasteiger partial charge on any atom is -0.478 e. The summed E-state index contributed by atoms with van der Waals surface area (Å²) in [4.78, 5) is 17.5. The van der Waals surface area contributed by atoms with E-state index in [0.29, 0.717) is 39.6 Å². The van der Waals surface area contributed by atoms with Crippen LogP contribution < -0.4 is 14.2 Å². The van der Waals surface area contributed by atoms with E-state index in [-0.39, 0.29) is 44.0 Å². The monoisotopic (exact) mass is 657 g/mol. The van der Waals surface area contributed by atoms with Gasteiger partial charge in [-0.1, -0.05) is 6.07 Å². The van der Waals surface area contributed by atoms with Crippen molar-refractivity contribution in [3.05, 3.63) is 70.9 Å². The zero-order chi connectivity index (χ0) is 32.1. The van der Waals surface area contributed by atoms with Crippen molar-refractivity contribution in [3.8, 4) is 5.75 Å². The summed E-state index contributed by atoms with van der Waals surface area (Å²) in [5.74, 6) is -1.17. The fourth-order valence-corrected chi connectivity index (χ4v) is 5.64. The van der Waals surface area contributed by atoms with E-state index in [4.69, 9.17) is 24.9 Å². The Kier molecular flexibility index (Phi) is 10.4. The van der Waals surface area contributed by atoms with Gasteiger partial charge in [0.05, 0.1) is 28.8 Å². The van der Waals surface area contributed by atoms with E-state index in [1.165, 1.54) is 18.2 Å². The summed E-state index contributed by atoms with van der Waals surface area (Å²) in [6.07, 6.45) is 3.29. The molecule has 1 aromatic heterocycles. The Morgan fingerprint density at radius 2 is 1.70 bits per heavy atom. The number of aryl methyl sites for hydroxylation is 1. The summed E-state index contributed by atoms with van der Waals surface area (Å²) < 4.78 is 67.2. The molecule has 0 amide bonds. The summed E-state index contributed by atoms with van der Waals surface area (Å²) in [6.45, 7) is 1.80. The lowest BCUT2D eigenvalue weighted by atomic mass is 10.2. The second kappa shape index (κ2) is 13.8. The Bertz CT molecular complexity index is 1810. The summed E-state index contributed by atoms with van der Waals surface area (Å²) >= 11 is 0. The first-order chi connectivity index (χ1) is 20.9. The molecule has 0 saturated carbocycles. The van der Waals surface area contributed by atoms with Gasteiger partial charge in [0, 0.05) is 25.1 Å². The van der Waals surface area contributed by atoms with Gasteiger partial charge in [-0.05, 0) is 48.7 Å². The highest BCUT2D eigenvalue weighted by molar-refractivity contribution is 7.86. The molecule has 3 aromatic rings. The van der Waals surface area contributed by atoms with Gasteiger partial charge < -0.3 is 19.2 Å². The Labute approximate surface area is 251 Å². The third-order valence-electron chi connectivity index (χ3n) is 6.48. The van der Waals surface area contributed by atoms with E-state index in [1.807, 2.05) is 0 Å². The quantitative estimate of drug-likeness (QED) is 0.105. The Balaban J connectivity index is 1.70. The Morgan fingerprint density at radius 3 is 2.36 bits per heavy atom. The van der Waals surface area contributed by atoms with Gasteiger partial charge in [-0.3, -0.25) is 5.26 Å². The number of aromatic nitrogens is 1. The van der Waals surface area contributed by atoms with Gasteiger partial charge in [-0.15, -0.1) is 8.67 Å². The van der Waals surface area contributed by atoms with Crippen LogP contribution in [-0.4, -0.2) is 61.7 Å². The lowest BCUT2D eigenvalue weighted by molar-refractivity contribution is -0.677. The number of fused-ring (bicyclic) bond motifs is 2. The maximum Gasteiger partial charge on any atom is 0.374 e. The number of carbonyl (C=O) groups is 1. The summed E-state index contributed by atoms with van der Waals surface area (Å²) in [5, 5.41) is 35.5. The van der Waals surface area contributed by atoms with Crippen LogP contribution in [0.4, 0.5) is 5.69 Å². The molecule has 2 aromatic carbocycles. The molecule has 238 valence electrons. The average molecular weight is 658 g/mol.